The van der Waals surface area contributed by atoms with E-state index in [4.69, 9.17) is 4.74 Å². The molecule has 0 aliphatic heterocycles. The molecule has 2 N–H and O–H groups in total. The molecule has 1 unspecified atom stereocenters. The van der Waals surface area contributed by atoms with E-state index in [1.54, 1.807) is 31.2 Å². The van der Waals surface area contributed by atoms with Crippen molar-refractivity contribution in [2.75, 3.05) is 11.9 Å². The van der Waals surface area contributed by atoms with E-state index in [-0.39, 0.29) is 17.6 Å². The number of nitrogens with one attached hydrogen (secondary N) is 2. The number of benzene rings is 1. The van der Waals surface area contributed by atoms with Crippen LogP contribution in [0.25, 0.3) is 0 Å². The molecule has 6 nitrogen and oxygen atoms in total. The lowest BCUT2D eigenvalue weighted by Crippen LogP contribution is -2.27. The van der Waals surface area contributed by atoms with Gasteiger partial charge in [-0.25, -0.2) is 4.98 Å². The quantitative estimate of drug-likeness (QED) is 0.457. The monoisotopic (exact) mass is 489 g/mol. The number of rotatable bonds is 7. The molecule has 1 heterocycles. The zero-order valence-electron chi connectivity index (χ0n) is 14.6. The van der Waals surface area contributed by atoms with Crippen LogP contribution in [0.4, 0.5) is 14.6 Å². The molecule has 144 valence electrons. The minimum absolute atomic E-state index is 0.276. The molecule has 0 saturated heterocycles. The van der Waals surface area contributed by atoms with Crippen LogP contribution in [0, 0.1) is 0 Å². The Kier molecular flexibility index (Phi) is 7.05. The van der Waals surface area contributed by atoms with Gasteiger partial charge in [-0.3, -0.25) is 9.59 Å². The Morgan fingerprint density at radius 3 is 2.70 bits per heavy atom. The summed E-state index contributed by atoms with van der Waals surface area (Å²) in [5.41, 5.74) is 1.03. The van der Waals surface area contributed by atoms with Gasteiger partial charge in [0.15, 0.2) is 6.61 Å². The number of nitrogens with zero attached hydrogens (tertiary/aromatic N) is 1. The number of ether oxygens (including phenoxy) is 1. The molecule has 2 rings (SSSR count). The van der Waals surface area contributed by atoms with E-state index >= 15 is 0 Å². The van der Waals surface area contributed by atoms with E-state index in [0.717, 1.165) is 22.6 Å². The third-order valence-corrected chi connectivity index (χ3v) is 3.75. The first-order valence-corrected chi connectivity index (χ1v) is 9.06. The SMILES string of the molecule is CC(=O)Nc1cc(C(=O)NC(C)c2cccc(OCC(F)(F)I)c2)ccn1. The normalized spacial score (nSPS) is 12.2. The summed E-state index contributed by atoms with van der Waals surface area (Å²) in [5, 5.41) is 5.32. The van der Waals surface area contributed by atoms with Crippen molar-refractivity contribution in [2.45, 2.75) is 23.8 Å². The number of aromatic nitrogens is 1. The van der Waals surface area contributed by atoms with Crippen LogP contribution in [-0.4, -0.2) is 27.3 Å². The smallest absolute Gasteiger partial charge is 0.329 e. The van der Waals surface area contributed by atoms with Crippen LogP contribution < -0.4 is 15.4 Å². The lowest BCUT2D eigenvalue weighted by molar-refractivity contribution is -0.114. The number of carbonyl (C=O) groups is 2. The standard InChI is InChI=1S/C18H18F2IN3O3/c1-11(13-4-3-5-15(8-13)27-10-18(19,20)21)23-17(26)14-6-7-22-16(9-14)24-12(2)25/h3-9,11H,10H2,1-2H3,(H,23,26)(H,22,24,25). The summed E-state index contributed by atoms with van der Waals surface area (Å²) in [6.45, 7) is 2.38. The first-order chi connectivity index (χ1) is 12.6. The van der Waals surface area contributed by atoms with Crippen LogP contribution in [0.3, 0.4) is 0 Å². The summed E-state index contributed by atoms with van der Waals surface area (Å²) in [6.07, 6.45) is 1.42. The average Bonchev–Trinajstić information content (AvgIpc) is 2.59. The second kappa shape index (κ2) is 9.07. The maximum Gasteiger partial charge on any atom is 0.329 e. The molecular weight excluding hydrogens is 471 g/mol. The number of hydrogen-bond acceptors (Lipinski definition) is 4. The summed E-state index contributed by atoms with van der Waals surface area (Å²) < 4.78 is 28.0. The van der Waals surface area contributed by atoms with Crippen LogP contribution >= 0.6 is 22.6 Å². The topological polar surface area (TPSA) is 80.3 Å². The molecule has 1 aromatic heterocycles. The number of anilines is 1. The summed E-state index contributed by atoms with van der Waals surface area (Å²) in [6, 6.07) is 9.19. The highest BCUT2D eigenvalue weighted by molar-refractivity contribution is 14.1. The molecule has 0 aliphatic rings. The van der Waals surface area contributed by atoms with Crippen molar-refractivity contribution in [2.24, 2.45) is 0 Å². The minimum atomic E-state index is -2.96. The first kappa shape index (κ1) is 21.0. The van der Waals surface area contributed by atoms with Gasteiger partial charge in [-0.05, 0) is 36.8 Å². The molecule has 0 saturated carbocycles. The van der Waals surface area contributed by atoms with E-state index in [9.17, 15) is 18.4 Å². The van der Waals surface area contributed by atoms with Gasteiger partial charge >= 0.3 is 3.93 Å². The predicted octanol–water partition coefficient (Wildman–Crippen LogP) is 3.94. The molecule has 2 amide bonds. The van der Waals surface area contributed by atoms with Gasteiger partial charge in [0.25, 0.3) is 5.91 Å². The maximum atomic E-state index is 12.9. The van der Waals surface area contributed by atoms with E-state index in [2.05, 4.69) is 15.6 Å². The zero-order chi connectivity index (χ0) is 20.0. The highest BCUT2D eigenvalue weighted by atomic mass is 127. The van der Waals surface area contributed by atoms with Crippen molar-refractivity contribution in [3.63, 3.8) is 0 Å². The lowest BCUT2D eigenvalue weighted by Gasteiger charge is -2.16. The molecule has 0 aliphatic carbocycles. The second-order valence-electron chi connectivity index (χ2n) is 5.78. The third kappa shape index (κ3) is 7.08. The fourth-order valence-corrected chi connectivity index (χ4v) is 2.38. The molecule has 0 fully saturated rings. The average molecular weight is 489 g/mol. The molecule has 1 atom stereocenters. The van der Waals surface area contributed by atoms with Crippen molar-refractivity contribution in [3.05, 3.63) is 53.7 Å². The first-order valence-electron chi connectivity index (χ1n) is 7.98. The van der Waals surface area contributed by atoms with E-state index < -0.39 is 16.6 Å². The van der Waals surface area contributed by atoms with Crippen LogP contribution in [0.15, 0.2) is 42.6 Å². The van der Waals surface area contributed by atoms with Gasteiger partial charge in [0.05, 0.1) is 6.04 Å². The Morgan fingerprint density at radius 2 is 2.04 bits per heavy atom. The molecule has 9 heteroatoms. The minimum Gasteiger partial charge on any atom is -0.486 e. The lowest BCUT2D eigenvalue weighted by atomic mass is 10.1. The molecule has 0 spiro atoms. The van der Waals surface area contributed by atoms with E-state index in [1.807, 2.05) is 0 Å². The molecule has 0 bridgehead atoms. The number of alkyl halides is 3. The fourth-order valence-electron chi connectivity index (χ4n) is 2.22. The van der Waals surface area contributed by atoms with E-state index in [1.165, 1.54) is 25.3 Å². The van der Waals surface area contributed by atoms with Crippen LogP contribution in [0.2, 0.25) is 0 Å². The van der Waals surface area contributed by atoms with Crippen molar-refractivity contribution in [1.29, 1.82) is 0 Å². The summed E-state index contributed by atoms with van der Waals surface area (Å²) in [7, 11) is 0. The third-order valence-electron chi connectivity index (χ3n) is 3.43. The molecule has 0 radical (unpaired) electrons. The van der Waals surface area contributed by atoms with Crippen LogP contribution in [0.5, 0.6) is 5.75 Å². The Hall–Kier alpha value is -2.30. The zero-order valence-corrected chi connectivity index (χ0v) is 16.8. The number of pyridine rings is 1. The molecular formula is C18H18F2IN3O3. The summed E-state index contributed by atoms with van der Waals surface area (Å²) >= 11 is 1.01. The largest absolute Gasteiger partial charge is 0.486 e. The maximum absolute atomic E-state index is 12.9. The number of halogens is 3. The number of hydrogen-bond donors (Lipinski definition) is 2. The van der Waals surface area contributed by atoms with Crippen LogP contribution in [0.1, 0.15) is 35.8 Å². The van der Waals surface area contributed by atoms with Gasteiger partial charge in [0.2, 0.25) is 5.91 Å². The van der Waals surface area contributed by atoms with Gasteiger partial charge in [0.1, 0.15) is 11.6 Å². The Morgan fingerprint density at radius 1 is 1.30 bits per heavy atom. The second-order valence-corrected chi connectivity index (χ2v) is 7.36. The summed E-state index contributed by atoms with van der Waals surface area (Å²) in [5.74, 6) is -0.0799. The predicted molar refractivity (Wildman–Crippen MR) is 105 cm³/mol. The van der Waals surface area contributed by atoms with Crippen molar-refractivity contribution >= 4 is 40.2 Å². The Balaban J connectivity index is 2.05. The van der Waals surface area contributed by atoms with Gasteiger partial charge in [-0.1, -0.05) is 12.1 Å². The molecule has 27 heavy (non-hydrogen) atoms. The van der Waals surface area contributed by atoms with Gasteiger partial charge in [-0.15, -0.1) is 0 Å². The van der Waals surface area contributed by atoms with Crippen molar-refractivity contribution in [3.8, 4) is 5.75 Å². The van der Waals surface area contributed by atoms with Crippen molar-refractivity contribution in [1.82, 2.24) is 10.3 Å². The number of carbonyl (C=O) groups excluding carboxylic acids is 2. The Labute approximate surface area is 168 Å². The molecule has 1 aromatic carbocycles. The van der Waals surface area contributed by atoms with Gasteiger partial charge in [0, 0.05) is 41.3 Å². The van der Waals surface area contributed by atoms with Crippen molar-refractivity contribution < 1.29 is 23.1 Å². The van der Waals surface area contributed by atoms with Crippen LogP contribution in [-0.2, 0) is 4.79 Å². The highest BCUT2D eigenvalue weighted by Gasteiger charge is 2.24. The van der Waals surface area contributed by atoms with Gasteiger partial charge in [-0.2, -0.15) is 8.78 Å². The Bertz CT molecular complexity index is 827. The fraction of sp³-hybridized carbons (Fsp3) is 0.278. The van der Waals surface area contributed by atoms with Gasteiger partial charge < -0.3 is 15.4 Å². The highest BCUT2D eigenvalue weighted by Crippen LogP contribution is 2.25. The molecule has 2 aromatic rings. The van der Waals surface area contributed by atoms with E-state index in [0.29, 0.717) is 16.9 Å². The number of amides is 2. The summed E-state index contributed by atoms with van der Waals surface area (Å²) in [4.78, 5) is 27.5.